The fraction of sp³-hybridized carbons (Fsp3) is 0.800. The van der Waals surface area contributed by atoms with Crippen LogP contribution in [0.1, 0.15) is 127 Å². The second-order valence-electron chi connectivity index (χ2n) is 11.6. The zero-order valence-corrected chi connectivity index (χ0v) is 20.4. The number of hydrogen-bond acceptors (Lipinski definition) is 0. The van der Waals surface area contributed by atoms with Crippen molar-refractivity contribution in [3.63, 3.8) is 0 Å². The fourth-order valence-corrected chi connectivity index (χ4v) is 7.54. The van der Waals surface area contributed by atoms with E-state index < -0.39 is 0 Å². The molecule has 174 valence electrons. The van der Waals surface area contributed by atoms with Crippen molar-refractivity contribution in [2.75, 3.05) is 0 Å². The average molecular weight is 427 g/mol. The molecule has 0 spiro atoms. The van der Waals surface area contributed by atoms with Crippen LogP contribution in [-0.4, -0.2) is 0 Å². The van der Waals surface area contributed by atoms with Crippen molar-refractivity contribution in [2.24, 2.45) is 29.6 Å². The molecule has 0 nitrogen and oxygen atoms in total. The molecule has 4 unspecified atom stereocenters. The predicted octanol–water partition coefficient (Wildman–Crippen LogP) is 9.60. The Balaban J connectivity index is 1.19. The van der Waals surface area contributed by atoms with Crippen molar-refractivity contribution in [1.29, 1.82) is 0 Å². The Bertz CT molecular complexity index is 671. The van der Waals surface area contributed by atoms with Gasteiger partial charge in [0, 0.05) is 0 Å². The Hall–Kier alpha value is -0.850. The van der Waals surface area contributed by atoms with Gasteiger partial charge in [-0.15, -0.1) is 0 Å². The summed E-state index contributed by atoms with van der Waals surface area (Å²) in [5, 5.41) is 0. The monoisotopic (exact) mass is 426 g/mol. The topological polar surface area (TPSA) is 0 Å². The molecule has 0 aromatic heterocycles. The summed E-state index contributed by atoms with van der Waals surface area (Å²) < 4.78 is 14.0. The smallest absolute Gasteiger partial charge is 0.126 e. The second-order valence-corrected chi connectivity index (χ2v) is 11.6. The van der Waals surface area contributed by atoms with Gasteiger partial charge in [-0.3, -0.25) is 0 Å². The van der Waals surface area contributed by atoms with Gasteiger partial charge >= 0.3 is 0 Å². The number of hydrogen-bond donors (Lipinski definition) is 0. The van der Waals surface area contributed by atoms with Crippen molar-refractivity contribution < 1.29 is 4.39 Å². The number of benzene rings is 1. The van der Waals surface area contributed by atoms with E-state index >= 15 is 0 Å². The standard InChI is InChI=1S/C30H47F/c1-3-4-5-6-7-8-23-10-12-28-20-27(18-17-26(28)19-23)24-13-15-25(16-14-24)29-11-9-22(2)30(31)21-29/h9,11,21,23-28H,3-8,10,12-20H2,1-2H3. The Kier molecular flexibility index (Phi) is 8.52. The summed E-state index contributed by atoms with van der Waals surface area (Å²) in [6, 6.07) is 5.96. The number of fused-ring (bicyclic) bond motifs is 1. The lowest BCUT2D eigenvalue weighted by Gasteiger charge is -2.45. The van der Waals surface area contributed by atoms with Gasteiger partial charge in [0.1, 0.15) is 5.82 Å². The summed E-state index contributed by atoms with van der Waals surface area (Å²) in [5.74, 6) is 5.65. The van der Waals surface area contributed by atoms with Crippen molar-refractivity contribution in [1.82, 2.24) is 0 Å². The summed E-state index contributed by atoms with van der Waals surface area (Å²) in [7, 11) is 0. The van der Waals surface area contributed by atoms with Gasteiger partial charge in [-0.05, 0) is 117 Å². The average Bonchev–Trinajstić information content (AvgIpc) is 2.80. The van der Waals surface area contributed by atoms with Gasteiger partial charge < -0.3 is 0 Å². The molecule has 3 fully saturated rings. The molecule has 0 aliphatic heterocycles. The molecule has 1 heteroatoms. The van der Waals surface area contributed by atoms with Crippen molar-refractivity contribution in [3.8, 4) is 0 Å². The van der Waals surface area contributed by atoms with E-state index in [9.17, 15) is 4.39 Å². The molecule has 31 heavy (non-hydrogen) atoms. The fourth-order valence-electron chi connectivity index (χ4n) is 7.54. The molecule has 1 aromatic rings. The van der Waals surface area contributed by atoms with E-state index in [4.69, 9.17) is 0 Å². The van der Waals surface area contributed by atoms with Gasteiger partial charge in [0.15, 0.2) is 0 Å². The summed E-state index contributed by atoms with van der Waals surface area (Å²) in [5.41, 5.74) is 2.03. The van der Waals surface area contributed by atoms with Gasteiger partial charge in [0.05, 0.1) is 0 Å². The van der Waals surface area contributed by atoms with Crippen molar-refractivity contribution in [3.05, 3.63) is 35.1 Å². The highest BCUT2D eigenvalue weighted by Gasteiger charge is 2.38. The Morgan fingerprint density at radius 3 is 2.13 bits per heavy atom. The molecule has 1 aromatic carbocycles. The van der Waals surface area contributed by atoms with Crippen LogP contribution in [0.5, 0.6) is 0 Å². The SMILES string of the molecule is CCCCCCCC1CCC2CC(C3CCC(c4ccc(C)c(F)c4)CC3)CCC2C1. The minimum Gasteiger partial charge on any atom is -0.207 e. The van der Waals surface area contributed by atoms with Crippen LogP contribution in [0.25, 0.3) is 0 Å². The molecular formula is C30H47F. The first-order valence-corrected chi connectivity index (χ1v) is 13.9. The Labute approximate surface area is 191 Å². The molecular weight excluding hydrogens is 379 g/mol. The molecule has 4 rings (SSSR count). The Morgan fingerprint density at radius 1 is 0.742 bits per heavy atom. The van der Waals surface area contributed by atoms with Crippen LogP contribution in [-0.2, 0) is 0 Å². The molecule has 0 N–H and O–H groups in total. The third-order valence-corrected chi connectivity index (χ3v) is 9.58. The first-order chi connectivity index (χ1) is 15.1. The normalized spacial score (nSPS) is 33.8. The molecule has 0 bridgehead atoms. The molecule has 0 saturated heterocycles. The van der Waals surface area contributed by atoms with Gasteiger partial charge in [-0.1, -0.05) is 64.0 Å². The lowest BCUT2D eigenvalue weighted by molar-refractivity contribution is 0.0613. The van der Waals surface area contributed by atoms with Gasteiger partial charge in [0.25, 0.3) is 0 Å². The third kappa shape index (κ3) is 6.14. The van der Waals surface area contributed by atoms with E-state index in [2.05, 4.69) is 13.0 Å². The zero-order valence-electron chi connectivity index (χ0n) is 20.4. The van der Waals surface area contributed by atoms with Crippen LogP contribution in [0.4, 0.5) is 4.39 Å². The first kappa shape index (κ1) is 23.3. The highest BCUT2D eigenvalue weighted by molar-refractivity contribution is 5.26. The van der Waals surface area contributed by atoms with Crippen LogP contribution in [0.2, 0.25) is 0 Å². The summed E-state index contributed by atoms with van der Waals surface area (Å²) in [6.07, 6.45) is 23.2. The predicted molar refractivity (Wildman–Crippen MR) is 131 cm³/mol. The number of halogens is 1. The lowest BCUT2D eigenvalue weighted by Crippen LogP contribution is -2.34. The lowest BCUT2D eigenvalue weighted by atomic mass is 9.60. The van der Waals surface area contributed by atoms with Gasteiger partial charge in [-0.25, -0.2) is 4.39 Å². The van der Waals surface area contributed by atoms with Crippen molar-refractivity contribution in [2.45, 2.75) is 122 Å². The quantitative estimate of drug-likeness (QED) is 0.363. The molecule has 3 saturated carbocycles. The third-order valence-electron chi connectivity index (χ3n) is 9.58. The molecule has 0 radical (unpaired) electrons. The van der Waals surface area contributed by atoms with E-state index in [-0.39, 0.29) is 5.82 Å². The Morgan fingerprint density at radius 2 is 1.39 bits per heavy atom. The molecule has 3 aliphatic rings. The number of unbranched alkanes of at least 4 members (excludes halogenated alkanes) is 4. The summed E-state index contributed by atoms with van der Waals surface area (Å²) in [4.78, 5) is 0. The molecule has 3 aliphatic carbocycles. The molecule has 4 atom stereocenters. The second kappa shape index (κ2) is 11.3. The van der Waals surface area contributed by atoms with Crippen molar-refractivity contribution >= 4 is 0 Å². The summed E-state index contributed by atoms with van der Waals surface area (Å²) in [6.45, 7) is 4.18. The minimum atomic E-state index is -0.0190. The highest BCUT2D eigenvalue weighted by atomic mass is 19.1. The minimum absolute atomic E-state index is 0.0190. The van der Waals surface area contributed by atoms with Crippen LogP contribution in [0.3, 0.4) is 0 Å². The van der Waals surface area contributed by atoms with E-state index in [1.165, 1.54) is 102 Å². The maximum atomic E-state index is 14.0. The maximum absolute atomic E-state index is 14.0. The van der Waals surface area contributed by atoms with Gasteiger partial charge in [0.2, 0.25) is 0 Å². The van der Waals surface area contributed by atoms with Crippen LogP contribution in [0.15, 0.2) is 18.2 Å². The van der Waals surface area contributed by atoms with E-state index in [1.807, 2.05) is 19.1 Å². The van der Waals surface area contributed by atoms with E-state index in [1.54, 1.807) is 6.42 Å². The summed E-state index contributed by atoms with van der Waals surface area (Å²) >= 11 is 0. The highest BCUT2D eigenvalue weighted by Crippen LogP contribution is 2.50. The zero-order chi connectivity index (χ0) is 21.6. The van der Waals surface area contributed by atoms with Crippen LogP contribution >= 0.6 is 0 Å². The molecule has 0 heterocycles. The van der Waals surface area contributed by atoms with E-state index in [0.29, 0.717) is 5.92 Å². The largest absolute Gasteiger partial charge is 0.207 e. The number of aryl methyl sites for hydroxylation is 1. The maximum Gasteiger partial charge on any atom is 0.126 e. The van der Waals surface area contributed by atoms with Crippen LogP contribution < -0.4 is 0 Å². The van der Waals surface area contributed by atoms with Gasteiger partial charge in [-0.2, -0.15) is 0 Å². The van der Waals surface area contributed by atoms with Crippen LogP contribution in [0, 0.1) is 42.3 Å². The number of rotatable bonds is 8. The molecule has 0 amide bonds. The first-order valence-electron chi connectivity index (χ1n) is 13.9. The van der Waals surface area contributed by atoms with E-state index in [0.717, 1.165) is 35.2 Å².